The molecule has 18 heavy (non-hydrogen) atoms. The van der Waals surface area contributed by atoms with Gasteiger partial charge in [-0.05, 0) is 37.3 Å². The number of nitrogens with zero attached hydrogens (tertiary/aromatic N) is 1. The molecule has 3 unspecified atom stereocenters. The smallest absolute Gasteiger partial charge is 0.308 e. The fourth-order valence-electron chi connectivity index (χ4n) is 3.29. The highest BCUT2D eigenvalue weighted by atomic mass is 16.4. The Kier molecular flexibility index (Phi) is 3.08. The van der Waals surface area contributed by atoms with Crippen molar-refractivity contribution in [3.63, 3.8) is 0 Å². The predicted octanol–water partition coefficient (Wildman–Crippen LogP) is 2.34. The number of hydrogen-bond acceptors (Lipinski definition) is 2. The Balaban J connectivity index is 1.64. The monoisotopic (exact) mass is 245 g/mol. The van der Waals surface area contributed by atoms with E-state index in [4.69, 9.17) is 5.11 Å². The Morgan fingerprint density at radius 3 is 2.56 bits per heavy atom. The number of rotatable bonds is 3. The average molecular weight is 245 g/mol. The van der Waals surface area contributed by atoms with E-state index in [1.54, 1.807) is 0 Å². The third kappa shape index (κ3) is 2.03. The second kappa shape index (κ2) is 4.73. The molecule has 3 heteroatoms. The average Bonchev–Trinajstić information content (AvgIpc) is 2.77. The van der Waals surface area contributed by atoms with Crippen molar-refractivity contribution < 1.29 is 9.90 Å². The predicted molar refractivity (Wildman–Crippen MR) is 69.5 cm³/mol. The molecule has 96 valence electrons. The highest BCUT2D eigenvalue weighted by Crippen LogP contribution is 2.37. The van der Waals surface area contributed by atoms with Gasteiger partial charge in [0.25, 0.3) is 0 Å². The molecule has 0 aromatic heterocycles. The lowest BCUT2D eigenvalue weighted by molar-refractivity contribution is -0.148. The van der Waals surface area contributed by atoms with Gasteiger partial charge < -0.3 is 5.11 Å². The Morgan fingerprint density at radius 1 is 1.17 bits per heavy atom. The minimum Gasteiger partial charge on any atom is -0.481 e. The molecule has 2 fully saturated rings. The van der Waals surface area contributed by atoms with Gasteiger partial charge >= 0.3 is 5.97 Å². The molecule has 3 rings (SSSR count). The lowest BCUT2D eigenvalue weighted by atomic mass is 9.78. The van der Waals surface area contributed by atoms with E-state index in [-0.39, 0.29) is 12.0 Å². The molecular formula is C15H19NO2. The molecule has 1 aromatic carbocycles. The van der Waals surface area contributed by atoms with Crippen molar-refractivity contribution >= 4 is 5.97 Å². The van der Waals surface area contributed by atoms with E-state index in [2.05, 4.69) is 29.2 Å². The number of carboxylic acid groups (broad SMARTS) is 1. The molecule has 1 aromatic rings. The van der Waals surface area contributed by atoms with Crippen molar-refractivity contribution in [3.8, 4) is 0 Å². The molecule has 1 saturated carbocycles. The van der Waals surface area contributed by atoms with E-state index in [0.29, 0.717) is 5.92 Å². The summed E-state index contributed by atoms with van der Waals surface area (Å²) in [6, 6.07) is 10.9. The van der Waals surface area contributed by atoms with Crippen LogP contribution in [0.15, 0.2) is 30.3 Å². The van der Waals surface area contributed by atoms with Crippen LogP contribution in [-0.4, -0.2) is 35.1 Å². The van der Waals surface area contributed by atoms with Gasteiger partial charge in [-0.2, -0.15) is 0 Å². The second-order valence-corrected chi connectivity index (χ2v) is 5.48. The minimum absolute atomic E-state index is 0.125. The van der Waals surface area contributed by atoms with Crippen molar-refractivity contribution in [2.45, 2.75) is 31.2 Å². The Hall–Kier alpha value is -1.35. The fraction of sp³-hybridized carbons (Fsp3) is 0.533. The van der Waals surface area contributed by atoms with Gasteiger partial charge in [-0.25, -0.2) is 0 Å². The normalized spacial score (nSPS) is 32.1. The lowest BCUT2D eigenvalue weighted by Gasteiger charge is -2.40. The molecule has 0 bridgehead atoms. The highest BCUT2D eigenvalue weighted by molar-refractivity contribution is 5.72. The molecule has 0 radical (unpaired) electrons. The molecular weight excluding hydrogens is 226 g/mol. The standard InChI is InChI=1S/C15H19NO2/c17-15(18)13-6-7-14(13)16-9-8-12(10-16)11-4-2-1-3-5-11/h1-5,12-14H,6-10H2,(H,17,18). The first-order valence-electron chi connectivity index (χ1n) is 6.77. The third-order valence-electron chi connectivity index (χ3n) is 4.51. The van der Waals surface area contributed by atoms with Crippen LogP contribution in [0, 0.1) is 5.92 Å². The SMILES string of the molecule is O=C(O)C1CCC1N1CCC(c2ccccc2)C1. The van der Waals surface area contributed by atoms with Crippen LogP contribution in [0.4, 0.5) is 0 Å². The van der Waals surface area contributed by atoms with Gasteiger partial charge in [0.1, 0.15) is 0 Å². The van der Waals surface area contributed by atoms with Gasteiger partial charge in [0.05, 0.1) is 5.92 Å². The first-order valence-corrected chi connectivity index (χ1v) is 6.77. The van der Waals surface area contributed by atoms with Gasteiger partial charge in [0, 0.05) is 12.6 Å². The number of carboxylic acids is 1. The van der Waals surface area contributed by atoms with Gasteiger partial charge in [-0.1, -0.05) is 30.3 Å². The zero-order chi connectivity index (χ0) is 12.5. The molecule has 3 nitrogen and oxygen atoms in total. The van der Waals surface area contributed by atoms with E-state index < -0.39 is 5.97 Å². The van der Waals surface area contributed by atoms with Crippen molar-refractivity contribution in [2.24, 2.45) is 5.92 Å². The van der Waals surface area contributed by atoms with Crippen molar-refractivity contribution in [2.75, 3.05) is 13.1 Å². The summed E-state index contributed by atoms with van der Waals surface area (Å²) in [5.74, 6) is -0.157. The summed E-state index contributed by atoms with van der Waals surface area (Å²) in [5, 5.41) is 9.12. The van der Waals surface area contributed by atoms with E-state index in [0.717, 1.165) is 32.4 Å². The maximum absolute atomic E-state index is 11.1. The second-order valence-electron chi connectivity index (χ2n) is 5.48. The molecule has 2 aliphatic rings. The summed E-state index contributed by atoms with van der Waals surface area (Å²) < 4.78 is 0. The largest absolute Gasteiger partial charge is 0.481 e. The Bertz CT molecular complexity index is 431. The van der Waals surface area contributed by atoms with Crippen LogP contribution in [0.5, 0.6) is 0 Å². The number of benzene rings is 1. The van der Waals surface area contributed by atoms with Crippen molar-refractivity contribution in [1.82, 2.24) is 4.90 Å². The lowest BCUT2D eigenvalue weighted by Crippen LogP contribution is -2.49. The number of hydrogen-bond donors (Lipinski definition) is 1. The molecule has 0 spiro atoms. The number of carbonyl (C=O) groups is 1. The van der Waals surface area contributed by atoms with E-state index >= 15 is 0 Å². The number of likely N-dealkylation sites (tertiary alicyclic amines) is 1. The van der Waals surface area contributed by atoms with Crippen LogP contribution in [-0.2, 0) is 4.79 Å². The van der Waals surface area contributed by atoms with Crippen LogP contribution >= 0.6 is 0 Å². The van der Waals surface area contributed by atoms with Crippen LogP contribution in [0.25, 0.3) is 0 Å². The molecule has 1 heterocycles. The third-order valence-corrected chi connectivity index (χ3v) is 4.51. The first kappa shape index (κ1) is 11.7. The van der Waals surface area contributed by atoms with Crippen LogP contribution in [0.1, 0.15) is 30.7 Å². The number of aliphatic carboxylic acids is 1. The first-order chi connectivity index (χ1) is 8.75. The molecule has 3 atom stereocenters. The maximum atomic E-state index is 11.1. The highest BCUT2D eigenvalue weighted by Gasteiger charge is 2.42. The zero-order valence-corrected chi connectivity index (χ0v) is 10.5. The molecule has 1 N–H and O–H groups in total. The minimum atomic E-state index is -0.616. The Morgan fingerprint density at radius 2 is 1.94 bits per heavy atom. The zero-order valence-electron chi connectivity index (χ0n) is 10.5. The summed E-state index contributed by atoms with van der Waals surface area (Å²) in [6.07, 6.45) is 3.07. The van der Waals surface area contributed by atoms with Crippen LogP contribution in [0.2, 0.25) is 0 Å². The molecule has 1 saturated heterocycles. The Labute approximate surface area is 107 Å². The van der Waals surface area contributed by atoms with Gasteiger partial charge in [-0.3, -0.25) is 9.69 Å². The molecule has 1 aliphatic carbocycles. The maximum Gasteiger partial charge on any atom is 0.308 e. The summed E-state index contributed by atoms with van der Waals surface area (Å²) in [5.41, 5.74) is 1.39. The van der Waals surface area contributed by atoms with Gasteiger partial charge in [0.15, 0.2) is 0 Å². The van der Waals surface area contributed by atoms with E-state index in [1.165, 1.54) is 5.56 Å². The van der Waals surface area contributed by atoms with Crippen LogP contribution in [0.3, 0.4) is 0 Å². The summed E-state index contributed by atoms with van der Waals surface area (Å²) in [7, 11) is 0. The fourth-order valence-corrected chi connectivity index (χ4v) is 3.29. The quantitative estimate of drug-likeness (QED) is 0.888. The van der Waals surface area contributed by atoms with Crippen molar-refractivity contribution in [1.29, 1.82) is 0 Å². The molecule has 0 amide bonds. The van der Waals surface area contributed by atoms with Crippen LogP contribution < -0.4 is 0 Å². The summed E-state index contributed by atoms with van der Waals surface area (Å²) in [4.78, 5) is 13.5. The van der Waals surface area contributed by atoms with Crippen molar-refractivity contribution in [3.05, 3.63) is 35.9 Å². The summed E-state index contributed by atoms with van der Waals surface area (Å²) in [6.45, 7) is 2.08. The van der Waals surface area contributed by atoms with Gasteiger partial charge in [-0.15, -0.1) is 0 Å². The van der Waals surface area contributed by atoms with E-state index in [9.17, 15) is 4.79 Å². The van der Waals surface area contributed by atoms with E-state index in [1.807, 2.05) is 6.07 Å². The van der Waals surface area contributed by atoms with Gasteiger partial charge in [0.2, 0.25) is 0 Å². The topological polar surface area (TPSA) is 40.5 Å². The molecule has 1 aliphatic heterocycles. The summed E-state index contributed by atoms with van der Waals surface area (Å²) >= 11 is 0.